The maximum Gasteiger partial charge on any atom is 0.159 e. The molecule has 1 aliphatic heterocycles. The number of rotatable bonds is 5. The van der Waals surface area contributed by atoms with Gasteiger partial charge in [0.15, 0.2) is 17.1 Å². The summed E-state index contributed by atoms with van der Waals surface area (Å²) in [6, 6.07) is 69.1. The molecule has 0 radical (unpaired) electrons. The monoisotopic (exact) mass is 716 g/mol. The standard InChI is InChI=1S/C52H32N2O2/c1-2-10-36-31-37(20-19-33(36)9-1)34-21-26-39(27-22-34)53(46-15-7-13-44-42-11-3-5-16-48(42)56-52(44)46)40-28-23-35(24-29-40)38-25-30-41-43-12-8-18-50-51(43)54(47(41)32-38)45-14-4-6-17-49(45)55-50/h1-32H. The van der Waals surface area contributed by atoms with Gasteiger partial charge in [-0.05, 0) is 99.8 Å². The molecule has 0 fully saturated rings. The third-order valence-corrected chi connectivity index (χ3v) is 11.4. The van der Waals surface area contributed by atoms with E-state index in [1.54, 1.807) is 0 Å². The van der Waals surface area contributed by atoms with Gasteiger partial charge in [-0.15, -0.1) is 0 Å². The fraction of sp³-hybridized carbons (Fsp3) is 0. The van der Waals surface area contributed by atoms with E-state index in [-0.39, 0.29) is 0 Å². The summed E-state index contributed by atoms with van der Waals surface area (Å²) in [5, 5.41) is 7.09. The van der Waals surface area contributed by atoms with E-state index in [4.69, 9.17) is 9.15 Å². The summed E-state index contributed by atoms with van der Waals surface area (Å²) in [6.45, 7) is 0. The number of aromatic nitrogens is 1. The molecule has 3 heterocycles. The highest BCUT2D eigenvalue weighted by Crippen LogP contribution is 2.47. The fourth-order valence-corrected chi connectivity index (χ4v) is 8.70. The molecular formula is C52H32N2O2. The third-order valence-electron chi connectivity index (χ3n) is 11.4. The minimum Gasteiger partial charge on any atom is -0.454 e. The van der Waals surface area contributed by atoms with Crippen molar-refractivity contribution in [1.29, 1.82) is 0 Å². The molecule has 2 aromatic heterocycles. The number of furan rings is 1. The molecule has 56 heavy (non-hydrogen) atoms. The number of nitrogens with zero attached hydrogens (tertiary/aromatic N) is 2. The van der Waals surface area contributed by atoms with Crippen molar-refractivity contribution in [3.63, 3.8) is 0 Å². The molecule has 0 amide bonds. The van der Waals surface area contributed by atoms with Crippen molar-refractivity contribution in [2.75, 3.05) is 4.90 Å². The van der Waals surface area contributed by atoms with Gasteiger partial charge in [0.1, 0.15) is 5.58 Å². The Morgan fingerprint density at radius 3 is 1.88 bits per heavy atom. The number of hydrogen-bond donors (Lipinski definition) is 0. The molecule has 0 saturated heterocycles. The zero-order chi connectivity index (χ0) is 36.7. The summed E-state index contributed by atoms with van der Waals surface area (Å²) in [5.41, 5.74) is 12.8. The number of ether oxygens (including phenoxy) is 1. The molecule has 12 rings (SSSR count). The Morgan fingerprint density at radius 2 is 1.04 bits per heavy atom. The topological polar surface area (TPSA) is 30.5 Å². The van der Waals surface area contributed by atoms with Gasteiger partial charge >= 0.3 is 0 Å². The van der Waals surface area contributed by atoms with Gasteiger partial charge in [-0.1, -0.05) is 127 Å². The molecule has 0 saturated carbocycles. The lowest BCUT2D eigenvalue weighted by Gasteiger charge is -2.26. The minimum absolute atomic E-state index is 0.861. The summed E-state index contributed by atoms with van der Waals surface area (Å²) in [5.74, 6) is 1.75. The lowest BCUT2D eigenvalue weighted by atomic mass is 10.0. The van der Waals surface area contributed by atoms with Crippen LogP contribution in [0, 0.1) is 0 Å². The molecule has 1 aliphatic rings. The highest BCUT2D eigenvalue weighted by atomic mass is 16.5. The van der Waals surface area contributed by atoms with E-state index < -0.39 is 0 Å². The van der Waals surface area contributed by atoms with Crippen molar-refractivity contribution in [3.8, 4) is 39.4 Å². The fourth-order valence-electron chi connectivity index (χ4n) is 8.70. The SMILES string of the molecule is c1ccc2c(c1)Oc1cccc3c4ccc(-c5ccc(N(c6ccc(-c7ccc8ccccc8c7)cc6)c6cccc7c6oc6ccccc67)cc5)cc4n-2c13. The Morgan fingerprint density at radius 1 is 0.411 bits per heavy atom. The molecular weight excluding hydrogens is 685 g/mol. The molecule has 0 spiro atoms. The number of para-hydroxylation sites is 5. The maximum atomic E-state index is 6.61. The molecule has 4 heteroatoms. The summed E-state index contributed by atoms with van der Waals surface area (Å²) < 4.78 is 15.3. The predicted octanol–water partition coefficient (Wildman–Crippen LogP) is 14.7. The molecule has 0 N–H and O–H groups in total. The molecule has 9 aromatic carbocycles. The van der Waals surface area contributed by atoms with Crippen molar-refractivity contribution in [1.82, 2.24) is 4.57 Å². The van der Waals surface area contributed by atoms with Crippen molar-refractivity contribution < 1.29 is 9.15 Å². The van der Waals surface area contributed by atoms with Gasteiger partial charge < -0.3 is 18.6 Å². The van der Waals surface area contributed by atoms with E-state index in [0.717, 1.165) is 78.3 Å². The van der Waals surface area contributed by atoms with Crippen molar-refractivity contribution in [3.05, 3.63) is 194 Å². The van der Waals surface area contributed by atoms with Crippen molar-refractivity contribution in [2.45, 2.75) is 0 Å². The summed E-state index contributed by atoms with van der Waals surface area (Å²) >= 11 is 0. The van der Waals surface area contributed by atoms with Gasteiger partial charge in [-0.2, -0.15) is 0 Å². The zero-order valence-electron chi connectivity index (χ0n) is 30.2. The Balaban J connectivity index is 0.983. The van der Waals surface area contributed by atoms with Crippen LogP contribution < -0.4 is 9.64 Å². The maximum absolute atomic E-state index is 6.61. The normalized spacial score (nSPS) is 12.1. The van der Waals surface area contributed by atoms with E-state index in [1.165, 1.54) is 32.7 Å². The number of benzene rings is 9. The van der Waals surface area contributed by atoms with Gasteiger partial charge in [0, 0.05) is 32.9 Å². The van der Waals surface area contributed by atoms with Gasteiger partial charge in [0.25, 0.3) is 0 Å². The quantitative estimate of drug-likeness (QED) is 0.178. The van der Waals surface area contributed by atoms with Crippen LogP contribution >= 0.6 is 0 Å². The van der Waals surface area contributed by atoms with Crippen LogP contribution in [-0.4, -0.2) is 4.57 Å². The van der Waals surface area contributed by atoms with Crippen LogP contribution in [0.15, 0.2) is 199 Å². The van der Waals surface area contributed by atoms with Crippen molar-refractivity contribution >= 4 is 71.6 Å². The van der Waals surface area contributed by atoms with Gasteiger partial charge in [-0.3, -0.25) is 0 Å². The highest BCUT2D eigenvalue weighted by molar-refractivity contribution is 6.13. The second-order valence-electron chi connectivity index (χ2n) is 14.5. The first-order valence-electron chi connectivity index (χ1n) is 19.0. The molecule has 262 valence electrons. The van der Waals surface area contributed by atoms with Gasteiger partial charge in [0.05, 0.1) is 22.4 Å². The smallest absolute Gasteiger partial charge is 0.159 e. The lowest BCUT2D eigenvalue weighted by Crippen LogP contribution is -2.10. The van der Waals surface area contributed by atoms with Gasteiger partial charge in [-0.25, -0.2) is 0 Å². The number of fused-ring (bicyclic) bond motifs is 9. The van der Waals surface area contributed by atoms with Crippen LogP contribution in [0.1, 0.15) is 0 Å². The van der Waals surface area contributed by atoms with Crippen molar-refractivity contribution in [2.24, 2.45) is 0 Å². The molecule has 0 bridgehead atoms. The second-order valence-corrected chi connectivity index (χ2v) is 14.5. The van der Waals surface area contributed by atoms with E-state index >= 15 is 0 Å². The van der Waals surface area contributed by atoms with E-state index in [2.05, 4.69) is 179 Å². The van der Waals surface area contributed by atoms with E-state index in [1.807, 2.05) is 24.3 Å². The molecule has 0 atom stereocenters. The molecule has 11 aromatic rings. The van der Waals surface area contributed by atoms with Crippen LogP contribution in [-0.2, 0) is 0 Å². The zero-order valence-corrected chi connectivity index (χ0v) is 30.2. The Kier molecular flexibility index (Phi) is 6.60. The number of anilines is 3. The first-order valence-corrected chi connectivity index (χ1v) is 19.0. The van der Waals surface area contributed by atoms with E-state index in [0.29, 0.717) is 0 Å². The van der Waals surface area contributed by atoms with Crippen LogP contribution in [0.5, 0.6) is 11.5 Å². The van der Waals surface area contributed by atoms with Crippen LogP contribution in [0.25, 0.3) is 82.5 Å². The molecule has 0 unspecified atom stereocenters. The Bertz CT molecular complexity index is 3340. The van der Waals surface area contributed by atoms with Gasteiger partial charge in [0.2, 0.25) is 0 Å². The lowest BCUT2D eigenvalue weighted by molar-refractivity contribution is 0.476. The molecule has 0 aliphatic carbocycles. The van der Waals surface area contributed by atoms with Crippen LogP contribution in [0.2, 0.25) is 0 Å². The average Bonchev–Trinajstić information content (AvgIpc) is 3.81. The van der Waals surface area contributed by atoms with E-state index in [9.17, 15) is 0 Å². The summed E-state index contributed by atoms with van der Waals surface area (Å²) in [7, 11) is 0. The average molecular weight is 717 g/mol. The minimum atomic E-state index is 0.861. The van der Waals surface area contributed by atoms with Crippen LogP contribution in [0.3, 0.4) is 0 Å². The number of hydrogen-bond acceptors (Lipinski definition) is 3. The third kappa shape index (κ3) is 4.66. The van der Waals surface area contributed by atoms with Crippen LogP contribution in [0.4, 0.5) is 17.1 Å². The Labute approximate surface area is 322 Å². The Hall–Kier alpha value is -7.56. The second kappa shape index (κ2) is 12.0. The predicted molar refractivity (Wildman–Crippen MR) is 231 cm³/mol. The summed E-state index contributed by atoms with van der Waals surface area (Å²) in [6.07, 6.45) is 0. The first kappa shape index (κ1) is 30.9. The highest BCUT2D eigenvalue weighted by Gasteiger charge is 2.24. The first-order chi connectivity index (χ1) is 27.7. The largest absolute Gasteiger partial charge is 0.454 e. The summed E-state index contributed by atoms with van der Waals surface area (Å²) in [4.78, 5) is 2.31. The molecule has 4 nitrogen and oxygen atoms in total.